The molecule has 1 aromatic heterocycles. The Morgan fingerprint density at radius 1 is 1.25 bits per heavy atom. The highest BCUT2D eigenvalue weighted by atomic mass is 79.9. The van der Waals surface area contributed by atoms with Crippen LogP contribution in [0.15, 0.2) is 41.1 Å². The highest BCUT2D eigenvalue weighted by Gasteiger charge is 2.11. The Morgan fingerprint density at radius 2 is 2.05 bits per heavy atom. The smallest absolute Gasteiger partial charge is 0.0522 e. The van der Waals surface area contributed by atoms with E-state index in [-0.39, 0.29) is 0 Å². The van der Waals surface area contributed by atoms with Gasteiger partial charge in [-0.1, -0.05) is 35.0 Å². The summed E-state index contributed by atoms with van der Waals surface area (Å²) < 4.78 is 3.13. The van der Waals surface area contributed by atoms with Gasteiger partial charge in [-0.25, -0.2) is 0 Å². The van der Waals surface area contributed by atoms with E-state index in [0.717, 1.165) is 30.4 Å². The predicted octanol–water partition coefficient (Wildman–Crippen LogP) is 3.43. The zero-order valence-electron chi connectivity index (χ0n) is 12.1. The van der Waals surface area contributed by atoms with Crippen molar-refractivity contribution in [2.75, 3.05) is 6.54 Å². The molecule has 0 radical (unpaired) electrons. The van der Waals surface area contributed by atoms with Gasteiger partial charge in [-0.2, -0.15) is 5.10 Å². The molecule has 0 fully saturated rings. The van der Waals surface area contributed by atoms with E-state index in [2.05, 4.69) is 70.7 Å². The summed E-state index contributed by atoms with van der Waals surface area (Å²) >= 11 is 3.54. The SMILES string of the molecule is CCNC(Cc1cccc(Br)c1)Cc1cnn(CC)c1. The molecule has 0 spiro atoms. The summed E-state index contributed by atoms with van der Waals surface area (Å²) in [4.78, 5) is 0. The molecule has 0 saturated carbocycles. The van der Waals surface area contributed by atoms with Crippen LogP contribution in [-0.2, 0) is 19.4 Å². The number of nitrogens with one attached hydrogen (secondary N) is 1. The summed E-state index contributed by atoms with van der Waals surface area (Å²) in [5.74, 6) is 0. The molecule has 108 valence electrons. The van der Waals surface area contributed by atoms with Crippen LogP contribution in [0.4, 0.5) is 0 Å². The van der Waals surface area contributed by atoms with Crippen molar-refractivity contribution in [1.82, 2.24) is 15.1 Å². The fraction of sp³-hybridized carbons (Fsp3) is 0.438. The fourth-order valence-electron chi connectivity index (χ4n) is 2.42. The van der Waals surface area contributed by atoms with E-state index in [1.54, 1.807) is 0 Å². The molecule has 1 aromatic carbocycles. The summed E-state index contributed by atoms with van der Waals surface area (Å²) in [6.07, 6.45) is 6.17. The first-order chi connectivity index (χ1) is 9.71. The zero-order chi connectivity index (χ0) is 14.4. The monoisotopic (exact) mass is 335 g/mol. The van der Waals surface area contributed by atoms with Crippen molar-refractivity contribution in [3.8, 4) is 0 Å². The van der Waals surface area contributed by atoms with Crippen LogP contribution in [0, 0.1) is 0 Å². The van der Waals surface area contributed by atoms with Crippen molar-refractivity contribution in [1.29, 1.82) is 0 Å². The van der Waals surface area contributed by atoms with Crippen LogP contribution in [0.1, 0.15) is 25.0 Å². The number of aromatic nitrogens is 2. The molecule has 0 aliphatic heterocycles. The second-order valence-corrected chi connectivity index (χ2v) is 5.91. The molecule has 2 aromatic rings. The maximum atomic E-state index is 4.35. The Kier molecular flexibility index (Phi) is 5.80. The highest BCUT2D eigenvalue weighted by molar-refractivity contribution is 9.10. The molecule has 0 aliphatic carbocycles. The third kappa shape index (κ3) is 4.46. The lowest BCUT2D eigenvalue weighted by atomic mass is 10.0. The van der Waals surface area contributed by atoms with Crippen LogP contribution in [0.5, 0.6) is 0 Å². The van der Waals surface area contributed by atoms with E-state index >= 15 is 0 Å². The van der Waals surface area contributed by atoms with Crippen molar-refractivity contribution >= 4 is 15.9 Å². The van der Waals surface area contributed by atoms with E-state index in [4.69, 9.17) is 0 Å². The second kappa shape index (κ2) is 7.60. The number of nitrogens with zero attached hydrogens (tertiary/aromatic N) is 2. The Bertz CT molecular complexity index is 536. The highest BCUT2D eigenvalue weighted by Crippen LogP contribution is 2.14. The van der Waals surface area contributed by atoms with Crippen molar-refractivity contribution in [3.05, 3.63) is 52.3 Å². The first-order valence-electron chi connectivity index (χ1n) is 7.20. The normalized spacial score (nSPS) is 12.6. The van der Waals surface area contributed by atoms with Gasteiger partial charge in [0.1, 0.15) is 0 Å². The molecule has 1 unspecified atom stereocenters. The van der Waals surface area contributed by atoms with Crippen LogP contribution in [0.25, 0.3) is 0 Å². The van der Waals surface area contributed by atoms with Gasteiger partial charge in [-0.05, 0) is 49.6 Å². The minimum atomic E-state index is 0.448. The van der Waals surface area contributed by atoms with Gasteiger partial charge in [-0.3, -0.25) is 4.68 Å². The van der Waals surface area contributed by atoms with Gasteiger partial charge in [0.25, 0.3) is 0 Å². The lowest BCUT2D eigenvalue weighted by molar-refractivity contribution is 0.521. The van der Waals surface area contributed by atoms with Gasteiger partial charge in [0.2, 0.25) is 0 Å². The molecule has 4 heteroatoms. The Labute approximate surface area is 129 Å². The van der Waals surface area contributed by atoms with Gasteiger partial charge in [-0.15, -0.1) is 0 Å². The first kappa shape index (κ1) is 15.3. The molecular formula is C16H22BrN3. The minimum absolute atomic E-state index is 0.448. The van der Waals surface area contributed by atoms with Crippen LogP contribution in [-0.4, -0.2) is 22.4 Å². The summed E-state index contributed by atoms with van der Waals surface area (Å²) in [5.41, 5.74) is 2.65. The van der Waals surface area contributed by atoms with Gasteiger partial charge >= 0.3 is 0 Å². The fourth-order valence-corrected chi connectivity index (χ4v) is 2.87. The molecule has 3 nitrogen and oxygen atoms in total. The third-order valence-corrected chi connectivity index (χ3v) is 3.85. The maximum absolute atomic E-state index is 4.35. The first-order valence-corrected chi connectivity index (χ1v) is 7.99. The molecule has 1 atom stereocenters. The standard InChI is InChI=1S/C16H22BrN3/c1-3-18-16(9-13-6-5-7-15(17)8-13)10-14-11-19-20(4-2)12-14/h5-8,11-12,16,18H,3-4,9-10H2,1-2H3. The lowest BCUT2D eigenvalue weighted by Gasteiger charge is -2.17. The molecule has 0 aliphatic rings. The maximum Gasteiger partial charge on any atom is 0.0522 e. The zero-order valence-corrected chi connectivity index (χ0v) is 13.7. The van der Waals surface area contributed by atoms with Crippen LogP contribution in [0.3, 0.4) is 0 Å². The molecule has 1 N–H and O–H groups in total. The van der Waals surface area contributed by atoms with Gasteiger partial charge in [0.15, 0.2) is 0 Å². The van der Waals surface area contributed by atoms with E-state index in [1.165, 1.54) is 11.1 Å². The van der Waals surface area contributed by atoms with Crippen molar-refractivity contribution in [2.24, 2.45) is 0 Å². The molecule has 1 heterocycles. The Balaban J connectivity index is 2.02. The summed E-state index contributed by atoms with van der Waals surface area (Å²) in [6.45, 7) is 6.18. The Morgan fingerprint density at radius 3 is 2.70 bits per heavy atom. The topological polar surface area (TPSA) is 29.9 Å². The quantitative estimate of drug-likeness (QED) is 0.840. The molecular weight excluding hydrogens is 314 g/mol. The van der Waals surface area contributed by atoms with Crippen molar-refractivity contribution in [2.45, 2.75) is 39.3 Å². The molecule has 2 rings (SSSR count). The number of hydrogen-bond donors (Lipinski definition) is 1. The van der Waals surface area contributed by atoms with E-state index in [1.807, 2.05) is 10.9 Å². The molecule has 0 saturated heterocycles. The van der Waals surface area contributed by atoms with Gasteiger partial charge in [0, 0.05) is 23.3 Å². The average Bonchev–Trinajstić information content (AvgIpc) is 2.87. The number of likely N-dealkylation sites (N-methyl/N-ethyl adjacent to an activating group) is 1. The predicted molar refractivity (Wildman–Crippen MR) is 86.9 cm³/mol. The third-order valence-electron chi connectivity index (χ3n) is 3.36. The van der Waals surface area contributed by atoms with Crippen molar-refractivity contribution in [3.63, 3.8) is 0 Å². The summed E-state index contributed by atoms with van der Waals surface area (Å²) in [5, 5.41) is 7.92. The number of rotatable bonds is 7. The van der Waals surface area contributed by atoms with E-state index in [0.29, 0.717) is 6.04 Å². The lowest BCUT2D eigenvalue weighted by Crippen LogP contribution is -2.33. The van der Waals surface area contributed by atoms with E-state index < -0.39 is 0 Å². The number of benzene rings is 1. The molecule has 0 amide bonds. The van der Waals surface area contributed by atoms with E-state index in [9.17, 15) is 0 Å². The van der Waals surface area contributed by atoms with Crippen LogP contribution < -0.4 is 5.32 Å². The number of hydrogen-bond acceptors (Lipinski definition) is 2. The number of aryl methyl sites for hydroxylation is 1. The van der Waals surface area contributed by atoms with Crippen LogP contribution >= 0.6 is 15.9 Å². The summed E-state index contributed by atoms with van der Waals surface area (Å²) in [6, 6.07) is 8.99. The average molecular weight is 336 g/mol. The largest absolute Gasteiger partial charge is 0.314 e. The minimum Gasteiger partial charge on any atom is -0.314 e. The second-order valence-electron chi connectivity index (χ2n) is 5.00. The van der Waals surface area contributed by atoms with Crippen LogP contribution in [0.2, 0.25) is 0 Å². The summed E-state index contributed by atoms with van der Waals surface area (Å²) in [7, 11) is 0. The Hall–Kier alpha value is -1.13. The number of halogens is 1. The van der Waals surface area contributed by atoms with Gasteiger partial charge in [0.05, 0.1) is 6.20 Å². The molecule has 20 heavy (non-hydrogen) atoms. The van der Waals surface area contributed by atoms with Crippen molar-refractivity contribution < 1.29 is 0 Å². The van der Waals surface area contributed by atoms with Gasteiger partial charge < -0.3 is 5.32 Å². The molecule has 0 bridgehead atoms.